The molecule has 1 fully saturated rings. The number of methoxy groups -OCH3 is 1. The second-order valence-electron chi connectivity index (χ2n) is 6.23. The minimum atomic E-state index is -0.508. The van der Waals surface area contributed by atoms with Crippen molar-refractivity contribution in [3.63, 3.8) is 0 Å². The van der Waals surface area contributed by atoms with E-state index in [-0.39, 0.29) is 30.5 Å². The highest BCUT2D eigenvalue weighted by Gasteiger charge is 2.19. The number of non-ortho nitro benzene ring substituents is 1. The molecule has 0 atom stereocenters. The van der Waals surface area contributed by atoms with Crippen LogP contribution in [-0.4, -0.2) is 79.6 Å². The largest absolute Gasteiger partial charge is 0.469 e. The molecule has 0 bridgehead atoms. The predicted octanol–water partition coefficient (Wildman–Crippen LogP) is 1.32. The summed E-state index contributed by atoms with van der Waals surface area (Å²) in [7, 11) is 1.31. The van der Waals surface area contributed by atoms with E-state index in [1.165, 1.54) is 31.4 Å². The molecule has 1 aliphatic heterocycles. The van der Waals surface area contributed by atoms with E-state index in [1.807, 2.05) is 0 Å². The van der Waals surface area contributed by atoms with Crippen molar-refractivity contribution in [3.05, 3.63) is 39.9 Å². The van der Waals surface area contributed by atoms with Gasteiger partial charge in [-0.25, -0.2) is 0 Å². The number of esters is 1. The zero-order valence-corrected chi connectivity index (χ0v) is 15.5. The lowest BCUT2D eigenvalue weighted by atomic mass is 10.1. The number of nitro groups is 1. The Morgan fingerprint density at radius 1 is 1.22 bits per heavy atom. The number of carbonyl (C=O) groups excluding carboxylic acids is 2. The van der Waals surface area contributed by atoms with E-state index in [0.29, 0.717) is 25.3 Å². The Hall–Kier alpha value is -2.52. The van der Waals surface area contributed by atoms with E-state index in [1.54, 1.807) is 4.90 Å². The first kappa shape index (κ1) is 20.8. The summed E-state index contributed by atoms with van der Waals surface area (Å²) in [6, 6.07) is 5.49. The maximum absolute atomic E-state index is 12.8. The second kappa shape index (κ2) is 10.6. The van der Waals surface area contributed by atoms with Crippen LogP contribution in [0.25, 0.3) is 0 Å². The van der Waals surface area contributed by atoms with Gasteiger partial charge in [-0.3, -0.25) is 24.6 Å². The van der Waals surface area contributed by atoms with E-state index in [9.17, 15) is 19.7 Å². The van der Waals surface area contributed by atoms with Gasteiger partial charge in [0.2, 0.25) is 0 Å². The molecule has 9 heteroatoms. The predicted molar refractivity (Wildman–Crippen MR) is 97.5 cm³/mol. The van der Waals surface area contributed by atoms with Crippen LogP contribution in [0.15, 0.2) is 24.3 Å². The average Bonchev–Trinajstić information content (AvgIpc) is 2.70. The van der Waals surface area contributed by atoms with Crippen LogP contribution in [0.5, 0.6) is 0 Å². The molecule has 0 radical (unpaired) electrons. The van der Waals surface area contributed by atoms with Gasteiger partial charge >= 0.3 is 5.97 Å². The lowest BCUT2D eigenvalue weighted by Gasteiger charge is -2.28. The number of hydrogen-bond donors (Lipinski definition) is 0. The van der Waals surface area contributed by atoms with Crippen molar-refractivity contribution in [3.8, 4) is 0 Å². The van der Waals surface area contributed by atoms with Crippen molar-refractivity contribution in [1.82, 2.24) is 9.80 Å². The van der Waals surface area contributed by atoms with Crippen LogP contribution in [0.3, 0.4) is 0 Å². The molecule has 0 spiro atoms. The first-order chi connectivity index (χ1) is 13.0. The molecule has 0 unspecified atom stereocenters. The molecule has 9 nitrogen and oxygen atoms in total. The third-order valence-corrected chi connectivity index (χ3v) is 4.43. The Kier molecular flexibility index (Phi) is 8.15. The van der Waals surface area contributed by atoms with E-state index >= 15 is 0 Å². The molecule has 27 heavy (non-hydrogen) atoms. The van der Waals surface area contributed by atoms with Crippen LogP contribution in [0, 0.1) is 10.1 Å². The molecule has 1 aromatic rings. The molecule has 1 saturated heterocycles. The second-order valence-corrected chi connectivity index (χ2v) is 6.23. The number of amides is 1. The molecular formula is C18H25N3O6. The molecule has 148 valence electrons. The number of benzene rings is 1. The Bertz CT molecular complexity index is 643. The van der Waals surface area contributed by atoms with Crippen molar-refractivity contribution in [2.24, 2.45) is 0 Å². The molecule has 0 N–H and O–H groups in total. The average molecular weight is 379 g/mol. The molecule has 1 heterocycles. The van der Waals surface area contributed by atoms with E-state index in [4.69, 9.17) is 4.74 Å². The van der Waals surface area contributed by atoms with Crippen LogP contribution in [-0.2, 0) is 14.3 Å². The number of nitro benzene ring substituents is 1. The maximum atomic E-state index is 12.8. The van der Waals surface area contributed by atoms with Crippen LogP contribution in [0.4, 0.5) is 5.69 Å². The van der Waals surface area contributed by atoms with Crippen molar-refractivity contribution < 1.29 is 24.0 Å². The van der Waals surface area contributed by atoms with Gasteiger partial charge in [0.1, 0.15) is 0 Å². The van der Waals surface area contributed by atoms with Crippen LogP contribution in [0.2, 0.25) is 0 Å². The summed E-state index contributed by atoms with van der Waals surface area (Å²) in [5, 5.41) is 10.8. The monoisotopic (exact) mass is 379 g/mol. The summed E-state index contributed by atoms with van der Waals surface area (Å²) in [4.78, 5) is 38.4. The highest BCUT2D eigenvalue weighted by atomic mass is 16.6. The van der Waals surface area contributed by atoms with Crippen LogP contribution in [0.1, 0.15) is 23.2 Å². The standard InChI is InChI=1S/C18H25N3O6/c1-26-17(22)7-10-20(9-2-8-19-11-13-27-14-12-19)18(23)15-3-5-16(6-4-15)21(24)25/h3-6H,2,7-14H2,1H3. The zero-order valence-electron chi connectivity index (χ0n) is 15.5. The SMILES string of the molecule is COC(=O)CCN(CCCN1CCOCC1)C(=O)c1ccc([N+](=O)[O-])cc1. The van der Waals surface area contributed by atoms with Crippen molar-refractivity contribution in [1.29, 1.82) is 0 Å². The Morgan fingerprint density at radius 3 is 2.48 bits per heavy atom. The minimum Gasteiger partial charge on any atom is -0.469 e. The van der Waals surface area contributed by atoms with Gasteiger partial charge in [-0.05, 0) is 18.6 Å². The van der Waals surface area contributed by atoms with Gasteiger partial charge in [0, 0.05) is 50.4 Å². The normalized spacial score (nSPS) is 14.6. The van der Waals surface area contributed by atoms with E-state index in [2.05, 4.69) is 9.64 Å². The van der Waals surface area contributed by atoms with Gasteiger partial charge in [-0.1, -0.05) is 0 Å². The third kappa shape index (κ3) is 6.61. The van der Waals surface area contributed by atoms with Gasteiger partial charge in [-0.15, -0.1) is 0 Å². The fourth-order valence-electron chi connectivity index (χ4n) is 2.86. The van der Waals surface area contributed by atoms with Gasteiger partial charge in [0.15, 0.2) is 0 Å². The van der Waals surface area contributed by atoms with Crippen LogP contribution >= 0.6 is 0 Å². The number of rotatable bonds is 9. The Morgan fingerprint density at radius 2 is 1.89 bits per heavy atom. The smallest absolute Gasteiger partial charge is 0.307 e. The molecule has 1 aromatic carbocycles. The molecular weight excluding hydrogens is 354 g/mol. The summed E-state index contributed by atoms with van der Waals surface area (Å²) in [5.74, 6) is -0.638. The van der Waals surface area contributed by atoms with Gasteiger partial charge in [0.05, 0.1) is 31.7 Å². The number of morpholine rings is 1. The molecule has 0 aromatic heterocycles. The molecule has 2 rings (SSSR count). The Balaban J connectivity index is 1.97. The third-order valence-electron chi connectivity index (χ3n) is 4.43. The summed E-state index contributed by atoms with van der Waals surface area (Å²) in [5.41, 5.74) is 0.289. The topological polar surface area (TPSA) is 102 Å². The fourth-order valence-corrected chi connectivity index (χ4v) is 2.86. The van der Waals surface area contributed by atoms with Crippen molar-refractivity contribution in [2.45, 2.75) is 12.8 Å². The van der Waals surface area contributed by atoms with Crippen LogP contribution < -0.4 is 0 Å². The maximum Gasteiger partial charge on any atom is 0.307 e. The highest BCUT2D eigenvalue weighted by Crippen LogP contribution is 2.14. The summed E-state index contributed by atoms with van der Waals surface area (Å²) < 4.78 is 9.98. The number of ether oxygens (including phenoxy) is 2. The lowest BCUT2D eigenvalue weighted by Crippen LogP contribution is -2.39. The zero-order chi connectivity index (χ0) is 19.6. The quantitative estimate of drug-likeness (QED) is 0.362. The number of nitrogens with zero attached hydrogens (tertiary/aromatic N) is 3. The summed E-state index contributed by atoms with van der Waals surface area (Å²) in [6.45, 7) is 4.75. The number of carbonyl (C=O) groups is 2. The van der Waals surface area contributed by atoms with Gasteiger partial charge < -0.3 is 14.4 Å². The first-order valence-electron chi connectivity index (χ1n) is 8.92. The van der Waals surface area contributed by atoms with E-state index < -0.39 is 4.92 Å². The van der Waals surface area contributed by atoms with E-state index in [0.717, 1.165) is 26.1 Å². The van der Waals surface area contributed by atoms with Crippen molar-refractivity contribution in [2.75, 3.05) is 53.0 Å². The first-order valence-corrected chi connectivity index (χ1v) is 8.92. The lowest BCUT2D eigenvalue weighted by molar-refractivity contribution is -0.384. The molecule has 0 saturated carbocycles. The minimum absolute atomic E-state index is 0.0695. The highest BCUT2D eigenvalue weighted by molar-refractivity contribution is 5.94. The molecule has 1 aliphatic rings. The molecule has 0 aliphatic carbocycles. The summed E-state index contributed by atoms with van der Waals surface area (Å²) in [6.07, 6.45) is 0.868. The van der Waals surface area contributed by atoms with Crippen molar-refractivity contribution >= 4 is 17.6 Å². The fraction of sp³-hybridized carbons (Fsp3) is 0.556. The van der Waals surface area contributed by atoms with Gasteiger partial charge in [0.25, 0.3) is 11.6 Å². The number of hydrogen-bond acceptors (Lipinski definition) is 7. The van der Waals surface area contributed by atoms with Gasteiger partial charge in [-0.2, -0.15) is 0 Å². The Labute approximate surface area is 158 Å². The molecule has 1 amide bonds. The summed E-state index contributed by atoms with van der Waals surface area (Å²) >= 11 is 0.